The summed E-state index contributed by atoms with van der Waals surface area (Å²) in [5.41, 5.74) is 1.01. The minimum absolute atomic E-state index is 0.153. The molecule has 22 heavy (non-hydrogen) atoms. The Kier molecular flexibility index (Phi) is 5.83. The SMILES string of the molecule is Cc1ccccc1O[C@H](C)C(=O)NCCOc1ccccc1. The average Bonchev–Trinajstić information content (AvgIpc) is 2.54. The fraction of sp³-hybridized carbons (Fsp3) is 0.278. The lowest BCUT2D eigenvalue weighted by atomic mass is 10.2. The average molecular weight is 299 g/mol. The van der Waals surface area contributed by atoms with Crippen LogP contribution < -0.4 is 14.8 Å². The summed E-state index contributed by atoms with van der Waals surface area (Å²) < 4.78 is 11.2. The van der Waals surface area contributed by atoms with Gasteiger partial charge in [-0.2, -0.15) is 0 Å². The number of hydrogen-bond acceptors (Lipinski definition) is 3. The number of hydrogen-bond donors (Lipinski definition) is 1. The van der Waals surface area contributed by atoms with Crippen LogP contribution in [0.2, 0.25) is 0 Å². The summed E-state index contributed by atoms with van der Waals surface area (Å²) in [4.78, 5) is 12.0. The van der Waals surface area contributed by atoms with Crippen LogP contribution in [0, 0.1) is 6.92 Å². The highest BCUT2D eigenvalue weighted by atomic mass is 16.5. The number of ether oxygens (including phenoxy) is 2. The van der Waals surface area contributed by atoms with Crippen molar-refractivity contribution in [2.75, 3.05) is 13.2 Å². The normalized spacial score (nSPS) is 11.5. The summed E-state index contributed by atoms with van der Waals surface area (Å²) in [5, 5.41) is 2.80. The van der Waals surface area contributed by atoms with Gasteiger partial charge < -0.3 is 14.8 Å². The first-order valence-corrected chi connectivity index (χ1v) is 7.34. The van der Waals surface area contributed by atoms with Crippen molar-refractivity contribution >= 4 is 5.91 Å². The van der Waals surface area contributed by atoms with Gasteiger partial charge in [-0.1, -0.05) is 36.4 Å². The summed E-state index contributed by atoms with van der Waals surface area (Å²) in [7, 11) is 0. The summed E-state index contributed by atoms with van der Waals surface area (Å²) >= 11 is 0. The van der Waals surface area contributed by atoms with Crippen molar-refractivity contribution in [2.24, 2.45) is 0 Å². The molecule has 0 aliphatic carbocycles. The second kappa shape index (κ2) is 8.08. The van der Waals surface area contributed by atoms with E-state index in [1.54, 1.807) is 6.92 Å². The molecule has 4 heteroatoms. The second-order valence-corrected chi connectivity index (χ2v) is 4.98. The maximum absolute atomic E-state index is 12.0. The van der Waals surface area contributed by atoms with Gasteiger partial charge in [0.1, 0.15) is 18.1 Å². The van der Waals surface area contributed by atoms with Crippen molar-refractivity contribution in [3.05, 3.63) is 60.2 Å². The lowest BCUT2D eigenvalue weighted by Crippen LogP contribution is -2.38. The van der Waals surface area contributed by atoms with Crippen molar-refractivity contribution < 1.29 is 14.3 Å². The van der Waals surface area contributed by atoms with Crippen LogP contribution in [0.3, 0.4) is 0 Å². The van der Waals surface area contributed by atoms with Gasteiger partial charge in [-0.25, -0.2) is 0 Å². The van der Waals surface area contributed by atoms with E-state index in [4.69, 9.17) is 9.47 Å². The van der Waals surface area contributed by atoms with Crippen molar-refractivity contribution in [1.29, 1.82) is 0 Å². The van der Waals surface area contributed by atoms with Crippen LogP contribution in [0.1, 0.15) is 12.5 Å². The molecule has 0 aromatic heterocycles. The van der Waals surface area contributed by atoms with E-state index in [0.717, 1.165) is 17.1 Å². The molecule has 1 atom stereocenters. The molecule has 116 valence electrons. The molecule has 4 nitrogen and oxygen atoms in total. The van der Waals surface area contributed by atoms with Gasteiger partial charge in [0.2, 0.25) is 0 Å². The van der Waals surface area contributed by atoms with E-state index in [2.05, 4.69) is 5.32 Å². The van der Waals surface area contributed by atoms with Crippen LogP contribution >= 0.6 is 0 Å². The molecule has 0 aliphatic rings. The van der Waals surface area contributed by atoms with Crippen LogP contribution in [-0.2, 0) is 4.79 Å². The number of amides is 1. The zero-order chi connectivity index (χ0) is 15.8. The van der Waals surface area contributed by atoms with Crippen molar-refractivity contribution in [3.8, 4) is 11.5 Å². The minimum atomic E-state index is -0.544. The molecule has 1 amide bonds. The van der Waals surface area contributed by atoms with Crippen LogP contribution in [-0.4, -0.2) is 25.2 Å². The van der Waals surface area contributed by atoms with E-state index in [-0.39, 0.29) is 5.91 Å². The Morgan fingerprint density at radius 2 is 1.77 bits per heavy atom. The van der Waals surface area contributed by atoms with Gasteiger partial charge in [0.15, 0.2) is 6.10 Å². The largest absolute Gasteiger partial charge is 0.492 e. The molecule has 0 bridgehead atoms. The Morgan fingerprint density at radius 3 is 2.50 bits per heavy atom. The molecule has 0 fully saturated rings. The van der Waals surface area contributed by atoms with Gasteiger partial charge in [0.25, 0.3) is 5.91 Å². The monoisotopic (exact) mass is 299 g/mol. The molecule has 0 spiro atoms. The Morgan fingerprint density at radius 1 is 1.09 bits per heavy atom. The predicted octanol–water partition coefficient (Wildman–Crippen LogP) is 2.96. The van der Waals surface area contributed by atoms with Crippen molar-refractivity contribution in [3.63, 3.8) is 0 Å². The third-order valence-electron chi connectivity index (χ3n) is 3.18. The third kappa shape index (κ3) is 4.81. The molecule has 0 saturated carbocycles. The highest BCUT2D eigenvalue weighted by molar-refractivity contribution is 5.80. The lowest BCUT2D eigenvalue weighted by molar-refractivity contribution is -0.127. The number of benzene rings is 2. The quantitative estimate of drug-likeness (QED) is 0.800. The Bertz CT molecular complexity index is 598. The van der Waals surface area contributed by atoms with Crippen molar-refractivity contribution in [1.82, 2.24) is 5.32 Å². The maximum atomic E-state index is 12.0. The highest BCUT2D eigenvalue weighted by Gasteiger charge is 2.14. The molecular formula is C18H21NO3. The first-order chi connectivity index (χ1) is 10.7. The molecule has 1 N–H and O–H groups in total. The van der Waals surface area contributed by atoms with Crippen LogP contribution in [0.4, 0.5) is 0 Å². The van der Waals surface area contributed by atoms with Crippen LogP contribution in [0.15, 0.2) is 54.6 Å². The fourth-order valence-electron chi connectivity index (χ4n) is 1.94. The number of carbonyl (C=O) groups excluding carboxylic acids is 1. The number of carbonyl (C=O) groups is 1. The maximum Gasteiger partial charge on any atom is 0.260 e. The van der Waals surface area contributed by atoms with Crippen LogP contribution in [0.5, 0.6) is 11.5 Å². The van der Waals surface area contributed by atoms with Crippen LogP contribution in [0.25, 0.3) is 0 Å². The molecule has 2 aromatic rings. The van der Waals surface area contributed by atoms with E-state index in [1.165, 1.54) is 0 Å². The first-order valence-electron chi connectivity index (χ1n) is 7.34. The van der Waals surface area contributed by atoms with Gasteiger partial charge in [-0.3, -0.25) is 4.79 Å². The van der Waals surface area contributed by atoms with E-state index < -0.39 is 6.10 Å². The number of rotatable bonds is 7. The molecule has 0 heterocycles. The number of aryl methyl sites for hydroxylation is 1. The lowest BCUT2D eigenvalue weighted by Gasteiger charge is -2.16. The molecule has 0 radical (unpaired) electrons. The molecule has 0 aliphatic heterocycles. The summed E-state index contributed by atoms with van der Waals surface area (Å²) in [6, 6.07) is 17.1. The molecular weight excluding hydrogens is 278 g/mol. The zero-order valence-electron chi connectivity index (χ0n) is 12.9. The Labute approximate surface area is 131 Å². The van der Waals surface area contributed by atoms with E-state index in [1.807, 2.05) is 61.5 Å². The van der Waals surface area contributed by atoms with Gasteiger partial charge in [-0.15, -0.1) is 0 Å². The molecule has 2 rings (SSSR count). The van der Waals surface area contributed by atoms with Crippen molar-refractivity contribution in [2.45, 2.75) is 20.0 Å². The van der Waals surface area contributed by atoms with Gasteiger partial charge >= 0.3 is 0 Å². The van der Waals surface area contributed by atoms with Gasteiger partial charge in [-0.05, 0) is 37.6 Å². The van der Waals surface area contributed by atoms with Gasteiger partial charge in [0.05, 0.1) is 6.54 Å². The zero-order valence-corrected chi connectivity index (χ0v) is 12.9. The Balaban J connectivity index is 1.71. The first kappa shape index (κ1) is 15.9. The minimum Gasteiger partial charge on any atom is -0.492 e. The van der Waals surface area contributed by atoms with E-state index in [0.29, 0.717) is 13.2 Å². The topological polar surface area (TPSA) is 47.6 Å². The molecule has 2 aromatic carbocycles. The third-order valence-corrected chi connectivity index (χ3v) is 3.18. The standard InChI is InChI=1S/C18H21NO3/c1-14-8-6-7-11-17(14)22-15(2)18(20)19-12-13-21-16-9-4-3-5-10-16/h3-11,15H,12-13H2,1-2H3,(H,19,20)/t15-/m1/s1. The van der Waals surface area contributed by atoms with E-state index in [9.17, 15) is 4.79 Å². The fourth-order valence-corrected chi connectivity index (χ4v) is 1.94. The summed E-state index contributed by atoms with van der Waals surface area (Å²) in [5.74, 6) is 1.37. The Hall–Kier alpha value is -2.49. The number of para-hydroxylation sites is 2. The molecule has 0 saturated heterocycles. The summed E-state index contributed by atoms with van der Waals surface area (Å²) in [6.07, 6.45) is -0.544. The van der Waals surface area contributed by atoms with E-state index >= 15 is 0 Å². The van der Waals surface area contributed by atoms with Gasteiger partial charge in [0, 0.05) is 0 Å². The number of nitrogens with one attached hydrogen (secondary N) is 1. The summed E-state index contributed by atoms with van der Waals surface area (Å²) in [6.45, 7) is 4.55. The smallest absolute Gasteiger partial charge is 0.260 e. The highest BCUT2D eigenvalue weighted by Crippen LogP contribution is 2.17. The second-order valence-electron chi connectivity index (χ2n) is 4.98. The molecule has 0 unspecified atom stereocenters. The predicted molar refractivity (Wildman–Crippen MR) is 86.2 cm³/mol.